The highest BCUT2D eigenvalue weighted by atomic mass is 16.6. The van der Waals surface area contributed by atoms with Gasteiger partial charge in [-0.3, -0.25) is 14.9 Å². The molecule has 5 rings (SSSR count). The van der Waals surface area contributed by atoms with Crippen LogP contribution in [-0.2, 0) is 16.1 Å². The molecule has 10 nitrogen and oxygen atoms in total. The van der Waals surface area contributed by atoms with Crippen LogP contribution in [0.3, 0.4) is 0 Å². The first-order valence-corrected chi connectivity index (χ1v) is 11.5. The number of anilines is 1. The molecule has 3 aromatic carbocycles. The first-order chi connectivity index (χ1) is 18.0. The second kappa shape index (κ2) is 10.3. The molecule has 37 heavy (non-hydrogen) atoms. The van der Waals surface area contributed by atoms with Gasteiger partial charge in [-0.05, 0) is 38.1 Å². The first kappa shape index (κ1) is 23.7. The van der Waals surface area contributed by atoms with Gasteiger partial charge in [-0.1, -0.05) is 78.9 Å². The van der Waals surface area contributed by atoms with Crippen LogP contribution in [0.25, 0.3) is 11.1 Å². The average molecular weight is 498 g/mol. The van der Waals surface area contributed by atoms with E-state index in [1.807, 2.05) is 54.6 Å². The Hall–Kier alpha value is -4.99. The van der Waals surface area contributed by atoms with Gasteiger partial charge in [-0.15, -0.1) is 0 Å². The topological polar surface area (TPSA) is 135 Å². The fourth-order valence-corrected chi connectivity index (χ4v) is 4.46. The highest BCUT2D eigenvalue weighted by Gasteiger charge is 2.30. The molecule has 1 aliphatic carbocycles. The maximum atomic E-state index is 13.1. The quantitative estimate of drug-likeness (QED) is 0.370. The molecule has 10 heteroatoms. The molecule has 0 unspecified atom stereocenters. The molecule has 4 aromatic rings. The van der Waals surface area contributed by atoms with Crippen LogP contribution in [0.5, 0.6) is 0 Å². The molecule has 0 saturated heterocycles. The molecule has 0 saturated carbocycles. The number of carbonyl (C=O) groups excluding carboxylic acids is 2. The lowest BCUT2D eigenvalue weighted by Gasteiger charge is -2.20. The largest absolute Gasteiger partial charge is 0.480 e. The van der Waals surface area contributed by atoms with Gasteiger partial charge in [0.2, 0.25) is 11.5 Å². The maximum Gasteiger partial charge on any atom is 0.412 e. The van der Waals surface area contributed by atoms with Crippen molar-refractivity contribution in [1.29, 1.82) is 0 Å². The molecular formula is C27H22N4O6. The molecule has 0 fully saturated rings. The summed E-state index contributed by atoms with van der Waals surface area (Å²) in [4.78, 5) is 38.2. The summed E-state index contributed by atoms with van der Waals surface area (Å²) in [5.41, 5.74) is 4.70. The monoisotopic (exact) mass is 498 g/mol. The highest BCUT2D eigenvalue weighted by molar-refractivity contribution is 6.00. The second-order valence-electron chi connectivity index (χ2n) is 8.45. The summed E-state index contributed by atoms with van der Waals surface area (Å²) in [7, 11) is 0. The number of amides is 2. The van der Waals surface area contributed by atoms with Gasteiger partial charge in [0, 0.05) is 12.5 Å². The van der Waals surface area contributed by atoms with Crippen molar-refractivity contribution in [3.8, 4) is 11.1 Å². The minimum absolute atomic E-state index is 0.0171. The van der Waals surface area contributed by atoms with Crippen molar-refractivity contribution >= 4 is 23.8 Å². The molecule has 1 heterocycles. The first-order valence-electron chi connectivity index (χ1n) is 11.5. The number of carboxylic acid groups (broad SMARTS) is 1. The smallest absolute Gasteiger partial charge is 0.412 e. The fourth-order valence-electron chi connectivity index (χ4n) is 4.46. The van der Waals surface area contributed by atoms with Gasteiger partial charge in [0.25, 0.3) is 5.91 Å². The van der Waals surface area contributed by atoms with Crippen LogP contribution in [0.4, 0.5) is 10.6 Å². The predicted octanol–water partition coefficient (Wildman–Crippen LogP) is 4.16. The number of aliphatic carboxylic acids is 1. The van der Waals surface area contributed by atoms with Crippen molar-refractivity contribution in [3.05, 3.63) is 101 Å². The summed E-state index contributed by atoms with van der Waals surface area (Å²) in [5.74, 6) is -2.37. The van der Waals surface area contributed by atoms with Crippen molar-refractivity contribution in [3.63, 3.8) is 0 Å². The van der Waals surface area contributed by atoms with Gasteiger partial charge in [-0.2, -0.15) is 0 Å². The molecule has 1 aliphatic rings. The van der Waals surface area contributed by atoms with E-state index < -0.39 is 24.5 Å². The minimum Gasteiger partial charge on any atom is -0.480 e. The zero-order valence-electron chi connectivity index (χ0n) is 19.5. The molecule has 0 spiro atoms. The molecule has 2 amide bonds. The molecule has 0 aliphatic heterocycles. The van der Waals surface area contributed by atoms with Crippen LogP contribution in [0, 0.1) is 0 Å². The van der Waals surface area contributed by atoms with E-state index >= 15 is 0 Å². The number of hydrogen-bond acceptors (Lipinski definition) is 7. The van der Waals surface area contributed by atoms with Crippen LogP contribution in [0.15, 0.2) is 83.5 Å². The van der Waals surface area contributed by atoms with Crippen molar-refractivity contribution in [2.75, 3.05) is 18.5 Å². The van der Waals surface area contributed by atoms with E-state index in [9.17, 15) is 19.5 Å². The van der Waals surface area contributed by atoms with E-state index in [0.29, 0.717) is 0 Å². The van der Waals surface area contributed by atoms with Crippen LogP contribution in [0.2, 0.25) is 0 Å². The van der Waals surface area contributed by atoms with Crippen LogP contribution >= 0.6 is 0 Å². The van der Waals surface area contributed by atoms with Gasteiger partial charge in [0.1, 0.15) is 13.2 Å². The molecule has 2 N–H and O–H groups in total. The van der Waals surface area contributed by atoms with Crippen molar-refractivity contribution in [2.45, 2.75) is 12.5 Å². The van der Waals surface area contributed by atoms with E-state index in [1.54, 1.807) is 24.3 Å². The zero-order valence-corrected chi connectivity index (χ0v) is 19.5. The van der Waals surface area contributed by atoms with E-state index in [0.717, 1.165) is 32.7 Å². The second-order valence-corrected chi connectivity index (χ2v) is 8.45. The number of benzene rings is 3. The lowest BCUT2D eigenvalue weighted by Crippen LogP contribution is -2.36. The number of ether oxygens (including phenoxy) is 1. The average Bonchev–Trinajstić information content (AvgIpc) is 3.49. The van der Waals surface area contributed by atoms with Crippen LogP contribution < -0.4 is 5.32 Å². The number of carbonyl (C=O) groups is 3. The number of fused-ring (bicyclic) bond motifs is 3. The summed E-state index contributed by atoms with van der Waals surface area (Å²) >= 11 is 0. The third-order valence-electron chi connectivity index (χ3n) is 6.08. The van der Waals surface area contributed by atoms with Crippen LogP contribution in [0.1, 0.15) is 33.1 Å². The summed E-state index contributed by atoms with van der Waals surface area (Å²) in [5, 5.41) is 18.9. The Morgan fingerprint density at radius 3 is 2.16 bits per heavy atom. The van der Waals surface area contributed by atoms with Crippen molar-refractivity contribution < 1.29 is 28.9 Å². The number of hydrogen-bond donors (Lipinski definition) is 2. The third kappa shape index (κ3) is 5.03. The highest BCUT2D eigenvalue weighted by Crippen LogP contribution is 2.44. The minimum atomic E-state index is -1.20. The number of carboxylic acids is 1. The molecule has 0 radical (unpaired) electrons. The summed E-state index contributed by atoms with van der Waals surface area (Å²) in [6, 6.07) is 24.8. The number of rotatable bonds is 8. The van der Waals surface area contributed by atoms with Crippen LogP contribution in [-0.4, -0.2) is 51.4 Å². The Kier molecular flexibility index (Phi) is 6.62. The molecule has 1 aromatic heterocycles. The zero-order chi connectivity index (χ0) is 25.8. The molecule has 0 bridgehead atoms. The van der Waals surface area contributed by atoms with Gasteiger partial charge in [0.05, 0.1) is 0 Å². The fraction of sp³-hybridized carbons (Fsp3) is 0.148. The Bertz CT molecular complexity index is 1410. The lowest BCUT2D eigenvalue weighted by molar-refractivity contribution is -0.137. The van der Waals surface area contributed by atoms with E-state index in [1.165, 1.54) is 0 Å². The van der Waals surface area contributed by atoms with E-state index in [-0.39, 0.29) is 30.6 Å². The molecule has 186 valence electrons. The van der Waals surface area contributed by atoms with Gasteiger partial charge < -0.3 is 14.7 Å². The normalized spacial score (nSPS) is 11.9. The molecule has 0 atom stereocenters. The number of nitrogens with one attached hydrogen (secondary N) is 1. The van der Waals surface area contributed by atoms with Gasteiger partial charge in [-0.25, -0.2) is 9.42 Å². The van der Waals surface area contributed by atoms with Crippen molar-refractivity contribution in [1.82, 2.24) is 15.2 Å². The van der Waals surface area contributed by atoms with E-state index in [2.05, 4.69) is 20.3 Å². The SMILES string of the molecule is O=C(O)CN(Cc1ccccc1)C(=O)c1nonc1NC(=O)OCC1c2ccccc2-c2ccccc21. The maximum absolute atomic E-state index is 13.1. The van der Waals surface area contributed by atoms with Gasteiger partial charge in [0.15, 0.2) is 0 Å². The third-order valence-corrected chi connectivity index (χ3v) is 6.08. The predicted molar refractivity (Wildman–Crippen MR) is 132 cm³/mol. The Morgan fingerprint density at radius 2 is 1.51 bits per heavy atom. The molecular weight excluding hydrogens is 476 g/mol. The number of aromatic nitrogens is 2. The van der Waals surface area contributed by atoms with Crippen molar-refractivity contribution in [2.24, 2.45) is 0 Å². The lowest BCUT2D eigenvalue weighted by atomic mass is 9.98. The standard InChI is InChI=1S/C27H22N4O6/c32-23(33)15-31(14-17-8-2-1-3-9-17)26(34)24-25(30-37-29-24)28-27(35)36-16-22-20-12-6-4-10-18(20)19-11-5-7-13-21(19)22/h1-13,22H,14-16H2,(H,32,33)(H,28,30,35). The summed E-state index contributed by atoms with van der Waals surface area (Å²) < 4.78 is 10.2. The number of nitrogens with zero attached hydrogens (tertiary/aromatic N) is 3. The summed E-state index contributed by atoms with van der Waals surface area (Å²) in [6.07, 6.45) is -0.848. The Morgan fingerprint density at radius 1 is 0.892 bits per heavy atom. The van der Waals surface area contributed by atoms with Gasteiger partial charge >= 0.3 is 12.1 Å². The summed E-state index contributed by atoms with van der Waals surface area (Å²) in [6.45, 7) is -0.498. The van der Waals surface area contributed by atoms with E-state index in [4.69, 9.17) is 4.74 Å². The Labute approximate surface area is 211 Å². The Balaban J connectivity index is 1.28.